The van der Waals surface area contributed by atoms with E-state index in [0.717, 1.165) is 167 Å². The van der Waals surface area contributed by atoms with Crippen molar-refractivity contribution >= 4 is 11.9 Å². The van der Waals surface area contributed by atoms with Crippen molar-refractivity contribution in [1.82, 2.24) is 0 Å². The normalized spacial score (nSPS) is 13.8. The highest BCUT2D eigenvalue weighted by Crippen LogP contribution is 2.11. The Morgan fingerprint density at radius 2 is 0.556 bits per heavy atom. The molecule has 0 saturated carbocycles. The summed E-state index contributed by atoms with van der Waals surface area (Å²) < 4.78 is 10.6. The van der Waals surface area contributed by atoms with Gasteiger partial charge >= 0.3 is 11.9 Å². The van der Waals surface area contributed by atoms with Crippen LogP contribution in [0.25, 0.3) is 0 Å². The second-order valence-corrected chi connectivity index (χ2v) is 17.5. The van der Waals surface area contributed by atoms with Crippen molar-refractivity contribution in [2.75, 3.05) is 13.2 Å². The Kier molecular flexibility index (Phi) is 55.7. The molecule has 0 aliphatic rings. The molecule has 5 heteroatoms. The lowest BCUT2D eigenvalue weighted by atomic mass is 10.1. The molecule has 0 spiro atoms. The van der Waals surface area contributed by atoms with Crippen LogP contribution < -0.4 is 0 Å². The number of aliphatic hydroxyl groups excluding tert-OH is 1. The molecule has 1 unspecified atom stereocenters. The number of hydrogen-bond acceptors (Lipinski definition) is 5. The first-order valence-corrected chi connectivity index (χ1v) is 28.0. The lowest BCUT2D eigenvalue weighted by Crippen LogP contribution is -2.28. The topological polar surface area (TPSA) is 72.8 Å². The summed E-state index contributed by atoms with van der Waals surface area (Å²) in [4.78, 5) is 24.4. The summed E-state index contributed by atoms with van der Waals surface area (Å²) in [6, 6.07) is 0. The summed E-state index contributed by atoms with van der Waals surface area (Å²) >= 11 is 0. The smallest absolute Gasteiger partial charge is 0.306 e. The number of esters is 2. The maximum Gasteiger partial charge on any atom is 0.306 e. The van der Waals surface area contributed by atoms with E-state index in [0.29, 0.717) is 12.8 Å². The minimum Gasteiger partial charge on any atom is -0.462 e. The first kappa shape index (κ1) is 66.7. The SMILES string of the molecule is CC/C=C\C/C=C\C/C=C\C/C=C\C/C=C\C/C=C\C/C=C\C/C=C\C/C=C\C/C=C\C/C=C\C/C=C\CCCCCCC(=O)OC(CO)COC(=O)CCCCCC/C=C\C/C=C\C/C=C\C/C=C\CC. The van der Waals surface area contributed by atoms with Gasteiger partial charge in [-0.05, 0) is 141 Å². The monoisotopic (exact) mass is 985 g/mol. The van der Waals surface area contributed by atoms with Crippen LogP contribution in [0.4, 0.5) is 0 Å². The Morgan fingerprint density at radius 3 is 0.819 bits per heavy atom. The predicted molar refractivity (Wildman–Crippen MR) is 315 cm³/mol. The molecule has 5 nitrogen and oxygen atoms in total. The van der Waals surface area contributed by atoms with Crippen molar-refractivity contribution in [2.45, 2.75) is 200 Å². The highest BCUT2D eigenvalue weighted by Gasteiger charge is 2.16. The van der Waals surface area contributed by atoms with Crippen LogP contribution in [0.1, 0.15) is 194 Å². The van der Waals surface area contributed by atoms with E-state index < -0.39 is 6.10 Å². The standard InChI is InChI=1S/C67H100O5/c1-3-5-7-9-11-13-15-17-19-21-22-23-24-25-26-27-28-29-30-31-32-33-34-35-36-37-38-39-40-41-42-43-44-46-48-50-52-54-56-58-60-62-67(70)72-65(63-68)64-71-66(69)61-59-57-55-53-51-49-47-45-20-18-16-14-12-10-8-6-4-2/h5-8,11-14,17-20,22-23,25-26,28-29,31-32,34-35,37-38,40-41,43-44,47-50,65,68H,3-4,9-10,15-16,21,24,27,30,33,36,39,42,45-46,51-64H2,1-2H3/b7-5-,8-6-,13-11-,14-12-,19-17-,20-18-,23-22-,26-25-,29-28-,32-31-,35-34-,38-37-,41-40-,44-43-,49-47-,50-48-. The fourth-order valence-electron chi connectivity index (χ4n) is 6.76. The maximum absolute atomic E-state index is 12.3. The largest absolute Gasteiger partial charge is 0.462 e. The number of carbonyl (C=O) groups excluding carboxylic acids is 2. The second kappa shape index (κ2) is 60.0. The van der Waals surface area contributed by atoms with Crippen molar-refractivity contribution in [2.24, 2.45) is 0 Å². The average Bonchev–Trinajstić information content (AvgIpc) is 3.38. The van der Waals surface area contributed by atoms with Gasteiger partial charge in [0, 0.05) is 12.8 Å². The van der Waals surface area contributed by atoms with Gasteiger partial charge in [-0.3, -0.25) is 9.59 Å². The Labute approximate surface area is 441 Å². The number of unbranched alkanes of at least 4 members (excludes halogenated alkanes) is 8. The van der Waals surface area contributed by atoms with E-state index in [9.17, 15) is 14.7 Å². The highest BCUT2D eigenvalue weighted by atomic mass is 16.6. The molecule has 1 N–H and O–H groups in total. The second-order valence-electron chi connectivity index (χ2n) is 17.5. The first-order valence-electron chi connectivity index (χ1n) is 28.0. The third kappa shape index (κ3) is 57.3. The summed E-state index contributed by atoms with van der Waals surface area (Å²) in [7, 11) is 0. The summed E-state index contributed by atoms with van der Waals surface area (Å²) in [5, 5.41) is 9.63. The molecular formula is C67H100O5. The number of aliphatic hydroxyl groups is 1. The Hall–Kier alpha value is -5.26. The molecule has 0 rings (SSSR count). The van der Waals surface area contributed by atoms with Gasteiger partial charge < -0.3 is 14.6 Å². The zero-order valence-electron chi connectivity index (χ0n) is 45.3. The van der Waals surface area contributed by atoms with Crippen LogP contribution in [0.5, 0.6) is 0 Å². The number of ether oxygens (including phenoxy) is 2. The summed E-state index contributed by atoms with van der Waals surface area (Å²) in [6.07, 6.45) is 96.8. The van der Waals surface area contributed by atoms with Crippen LogP contribution in [0.3, 0.4) is 0 Å². The molecule has 1 atom stereocenters. The molecule has 0 amide bonds. The predicted octanol–water partition coefficient (Wildman–Crippen LogP) is 19.3. The Morgan fingerprint density at radius 1 is 0.319 bits per heavy atom. The molecule has 398 valence electrons. The van der Waals surface area contributed by atoms with Crippen LogP contribution in [0, 0.1) is 0 Å². The van der Waals surface area contributed by atoms with Crippen LogP contribution in [0.2, 0.25) is 0 Å². The van der Waals surface area contributed by atoms with E-state index in [1.807, 2.05) is 0 Å². The van der Waals surface area contributed by atoms with Gasteiger partial charge in [0.1, 0.15) is 6.61 Å². The van der Waals surface area contributed by atoms with Gasteiger partial charge in [0.05, 0.1) is 6.61 Å². The van der Waals surface area contributed by atoms with Gasteiger partial charge in [0.2, 0.25) is 0 Å². The van der Waals surface area contributed by atoms with E-state index in [4.69, 9.17) is 9.47 Å². The summed E-state index contributed by atoms with van der Waals surface area (Å²) in [5.74, 6) is -0.666. The van der Waals surface area contributed by atoms with Crippen molar-refractivity contribution < 1.29 is 24.2 Å². The maximum atomic E-state index is 12.3. The summed E-state index contributed by atoms with van der Waals surface area (Å²) in [5.41, 5.74) is 0. The molecule has 0 heterocycles. The molecular weight excluding hydrogens is 885 g/mol. The van der Waals surface area contributed by atoms with E-state index in [2.05, 4.69) is 208 Å². The van der Waals surface area contributed by atoms with Gasteiger partial charge in [-0.15, -0.1) is 0 Å². The first-order chi connectivity index (χ1) is 35.6. The molecule has 0 aromatic rings. The molecule has 0 aliphatic carbocycles. The molecule has 0 radical (unpaired) electrons. The lowest BCUT2D eigenvalue weighted by Gasteiger charge is -2.15. The fraction of sp³-hybridized carbons (Fsp3) is 0.493. The summed E-state index contributed by atoms with van der Waals surface area (Å²) in [6.45, 7) is 3.84. The van der Waals surface area contributed by atoms with Crippen molar-refractivity contribution in [3.8, 4) is 0 Å². The molecule has 0 aromatic carbocycles. The minimum atomic E-state index is -0.812. The van der Waals surface area contributed by atoms with E-state index >= 15 is 0 Å². The number of carbonyl (C=O) groups is 2. The Bertz CT molecular complexity index is 1730. The van der Waals surface area contributed by atoms with Gasteiger partial charge in [-0.2, -0.15) is 0 Å². The van der Waals surface area contributed by atoms with Crippen LogP contribution in [-0.2, 0) is 19.1 Å². The molecule has 0 bridgehead atoms. The Balaban J connectivity index is 3.72. The van der Waals surface area contributed by atoms with Crippen molar-refractivity contribution in [3.63, 3.8) is 0 Å². The average molecular weight is 986 g/mol. The van der Waals surface area contributed by atoms with Crippen LogP contribution in [0.15, 0.2) is 194 Å². The quantitative estimate of drug-likeness (QED) is 0.0374. The number of hydrogen-bond donors (Lipinski definition) is 1. The molecule has 0 saturated heterocycles. The highest BCUT2D eigenvalue weighted by molar-refractivity contribution is 5.70. The van der Waals surface area contributed by atoms with Crippen LogP contribution >= 0.6 is 0 Å². The molecule has 0 aliphatic heterocycles. The van der Waals surface area contributed by atoms with E-state index in [1.165, 1.54) is 0 Å². The van der Waals surface area contributed by atoms with Gasteiger partial charge in [-0.25, -0.2) is 0 Å². The third-order valence-electron chi connectivity index (χ3n) is 10.9. The van der Waals surface area contributed by atoms with E-state index in [1.54, 1.807) is 0 Å². The number of allylic oxidation sites excluding steroid dienone is 32. The minimum absolute atomic E-state index is 0.103. The molecule has 0 aromatic heterocycles. The van der Waals surface area contributed by atoms with Crippen LogP contribution in [-0.4, -0.2) is 36.4 Å². The lowest BCUT2D eigenvalue weighted by molar-refractivity contribution is -0.161. The zero-order chi connectivity index (χ0) is 52.0. The third-order valence-corrected chi connectivity index (χ3v) is 10.9. The van der Waals surface area contributed by atoms with E-state index in [-0.39, 0.29) is 25.2 Å². The fourth-order valence-corrected chi connectivity index (χ4v) is 6.76. The van der Waals surface area contributed by atoms with Crippen molar-refractivity contribution in [1.29, 1.82) is 0 Å². The van der Waals surface area contributed by atoms with Gasteiger partial charge in [-0.1, -0.05) is 234 Å². The van der Waals surface area contributed by atoms with Gasteiger partial charge in [0.15, 0.2) is 6.10 Å². The van der Waals surface area contributed by atoms with Gasteiger partial charge in [0.25, 0.3) is 0 Å². The molecule has 0 fully saturated rings. The zero-order valence-corrected chi connectivity index (χ0v) is 45.3. The number of rotatable bonds is 48. The molecule has 72 heavy (non-hydrogen) atoms. The van der Waals surface area contributed by atoms with Crippen molar-refractivity contribution in [3.05, 3.63) is 194 Å².